The van der Waals surface area contributed by atoms with Crippen molar-refractivity contribution in [2.24, 2.45) is 0 Å². The number of carbonyl (C=O) groups excluding carboxylic acids is 2. The topological polar surface area (TPSA) is 74.7 Å². The lowest BCUT2D eigenvalue weighted by molar-refractivity contribution is -0.180. The van der Waals surface area contributed by atoms with E-state index in [0.29, 0.717) is 11.3 Å². The summed E-state index contributed by atoms with van der Waals surface area (Å²) in [5, 5.41) is -1.44. The Morgan fingerprint density at radius 2 is 1.92 bits per heavy atom. The highest BCUT2D eigenvalue weighted by Crippen LogP contribution is 2.40. The minimum Gasteiger partial charge on any atom is -0.459 e. The monoisotopic (exact) mass is 363 g/mol. The molecule has 1 unspecified atom stereocenters. The Balaban J connectivity index is 2.27. The van der Waals surface area contributed by atoms with Gasteiger partial charge in [0.15, 0.2) is 5.06 Å². The molecular formula is C18H18ClNO5. The van der Waals surface area contributed by atoms with Crippen LogP contribution in [-0.2, 0) is 28.9 Å². The van der Waals surface area contributed by atoms with Gasteiger partial charge in [0.1, 0.15) is 13.2 Å². The summed E-state index contributed by atoms with van der Waals surface area (Å²) in [6.07, 6.45) is 6.51. The van der Waals surface area contributed by atoms with Crippen LogP contribution in [0.1, 0.15) is 17.7 Å². The van der Waals surface area contributed by atoms with Crippen LogP contribution < -0.4 is 0 Å². The molecule has 1 atom stereocenters. The number of pyridine rings is 1. The fraction of sp³-hybridized carbons (Fsp3) is 0.278. The van der Waals surface area contributed by atoms with E-state index in [2.05, 4.69) is 18.1 Å². The first-order valence-corrected chi connectivity index (χ1v) is 7.93. The largest absolute Gasteiger partial charge is 0.459 e. The van der Waals surface area contributed by atoms with Gasteiger partial charge in [-0.1, -0.05) is 49.1 Å². The highest BCUT2D eigenvalue weighted by atomic mass is 35.5. The predicted octanol–water partition coefficient (Wildman–Crippen LogP) is 2.73. The number of carbonyl (C=O) groups is 2. The molecule has 1 aliphatic carbocycles. The quantitative estimate of drug-likeness (QED) is 0.306. The first kappa shape index (κ1) is 18.9. The summed E-state index contributed by atoms with van der Waals surface area (Å²) in [5.41, 5.74) is 1.15. The van der Waals surface area contributed by atoms with E-state index < -0.39 is 23.1 Å². The highest BCUT2D eigenvalue weighted by Gasteiger charge is 2.43. The molecule has 1 heterocycles. The number of aromatic nitrogens is 1. The van der Waals surface area contributed by atoms with E-state index in [4.69, 9.17) is 25.8 Å². The van der Waals surface area contributed by atoms with Crippen molar-refractivity contribution in [3.05, 3.63) is 61.0 Å². The van der Waals surface area contributed by atoms with Gasteiger partial charge in [-0.15, -0.1) is 0 Å². The zero-order chi connectivity index (χ0) is 18.3. The number of rotatable bonds is 8. The maximum atomic E-state index is 12.2. The number of hydrogen-bond donors (Lipinski definition) is 0. The lowest BCUT2D eigenvalue weighted by atomic mass is 9.98. The van der Waals surface area contributed by atoms with Gasteiger partial charge in [0.05, 0.1) is 5.69 Å². The maximum absolute atomic E-state index is 12.2. The van der Waals surface area contributed by atoms with Crippen molar-refractivity contribution in [1.82, 2.24) is 4.98 Å². The average Bonchev–Trinajstić information content (AvgIpc) is 2.62. The molecule has 0 amide bonds. The maximum Gasteiger partial charge on any atom is 0.347 e. The molecule has 7 heteroatoms. The van der Waals surface area contributed by atoms with Crippen molar-refractivity contribution in [2.45, 2.75) is 17.6 Å². The van der Waals surface area contributed by atoms with Gasteiger partial charge in [0.2, 0.25) is 0 Å². The van der Waals surface area contributed by atoms with Gasteiger partial charge in [-0.05, 0) is 12.1 Å². The number of hydrogen-bond acceptors (Lipinski definition) is 6. The molecule has 0 aliphatic heterocycles. The first-order valence-electron chi connectivity index (χ1n) is 7.55. The Hall–Kier alpha value is -2.44. The van der Waals surface area contributed by atoms with E-state index in [1.165, 1.54) is 12.2 Å². The second-order valence-electron chi connectivity index (χ2n) is 5.11. The van der Waals surface area contributed by atoms with Crippen LogP contribution >= 0.6 is 11.6 Å². The molecule has 1 aliphatic rings. The number of halogens is 1. The Morgan fingerprint density at radius 1 is 1.28 bits per heavy atom. The van der Waals surface area contributed by atoms with Crippen LogP contribution in [0.3, 0.4) is 0 Å². The van der Waals surface area contributed by atoms with Crippen molar-refractivity contribution >= 4 is 29.6 Å². The molecule has 0 bridgehead atoms. The lowest BCUT2D eigenvalue weighted by Gasteiger charge is -2.32. The van der Waals surface area contributed by atoms with Crippen molar-refractivity contribution in [1.29, 1.82) is 0 Å². The predicted molar refractivity (Wildman–Crippen MR) is 92.6 cm³/mol. The molecule has 0 fully saturated rings. The van der Waals surface area contributed by atoms with Crippen molar-refractivity contribution in [2.75, 3.05) is 13.2 Å². The van der Waals surface area contributed by atoms with Gasteiger partial charge < -0.3 is 14.2 Å². The molecule has 25 heavy (non-hydrogen) atoms. The highest BCUT2D eigenvalue weighted by molar-refractivity contribution is 6.23. The minimum atomic E-state index is -1.64. The molecule has 0 saturated heterocycles. The number of esters is 2. The first-order chi connectivity index (χ1) is 12.0. The smallest absolute Gasteiger partial charge is 0.347 e. The molecule has 2 rings (SSSR count). The molecule has 0 spiro atoms. The normalized spacial score (nSPS) is 18.3. The number of fused-ring (bicyclic) bond motifs is 1. The molecule has 0 radical (unpaired) electrons. The van der Waals surface area contributed by atoms with Crippen LogP contribution in [0.2, 0.25) is 0 Å². The second-order valence-corrected chi connectivity index (χ2v) is 5.72. The molecular weight excluding hydrogens is 346 g/mol. The third kappa shape index (κ3) is 4.55. The summed E-state index contributed by atoms with van der Waals surface area (Å²) in [6.45, 7) is 6.77. The van der Waals surface area contributed by atoms with E-state index in [1.54, 1.807) is 30.5 Å². The van der Waals surface area contributed by atoms with Gasteiger partial charge in [-0.3, -0.25) is 4.98 Å². The lowest BCUT2D eigenvalue weighted by Crippen LogP contribution is -2.42. The van der Waals surface area contributed by atoms with Crippen molar-refractivity contribution in [3.8, 4) is 0 Å². The Kier molecular flexibility index (Phi) is 6.50. The van der Waals surface area contributed by atoms with Gasteiger partial charge in [0, 0.05) is 18.2 Å². The fourth-order valence-electron chi connectivity index (χ4n) is 2.22. The number of ether oxygens (including phenoxy) is 3. The number of alkyl halides is 1. The molecule has 0 N–H and O–H groups in total. The fourth-order valence-corrected chi connectivity index (χ4v) is 2.56. The molecule has 0 saturated carbocycles. The average molecular weight is 364 g/mol. The molecule has 1 aromatic rings. The standard InChI is InChI=1S/C18H18ClNO5/c1-3-11-23-16(21)15(17(22)24-12-4-2)25-18(19)9-5-8-14-13(18)7-6-10-20-14/h3-8,10,15H,1-2,9,11-12H2. The Labute approximate surface area is 150 Å². The van der Waals surface area contributed by atoms with Gasteiger partial charge in [0.25, 0.3) is 6.10 Å². The molecule has 0 aromatic carbocycles. The summed E-state index contributed by atoms with van der Waals surface area (Å²) in [7, 11) is 0. The van der Waals surface area contributed by atoms with Crippen molar-refractivity contribution < 1.29 is 23.8 Å². The van der Waals surface area contributed by atoms with Gasteiger partial charge >= 0.3 is 11.9 Å². The summed E-state index contributed by atoms with van der Waals surface area (Å²) in [5.74, 6) is -1.82. The summed E-state index contributed by atoms with van der Waals surface area (Å²) >= 11 is 6.59. The zero-order valence-electron chi connectivity index (χ0n) is 13.5. The van der Waals surface area contributed by atoms with E-state index in [9.17, 15) is 9.59 Å². The second kappa shape index (κ2) is 8.60. The summed E-state index contributed by atoms with van der Waals surface area (Å²) < 4.78 is 15.5. The van der Waals surface area contributed by atoms with Crippen LogP contribution in [0, 0.1) is 0 Å². The van der Waals surface area contributed by atoms with Crippen LogP contribution in [-0.4, -0.2) is 36.2 Å². The number of nitrogens with zero attached hydrogens (tertiary/aromatic N) is 1. The van der Waals surface area contributed by atoms with E-state index in [-0.39, 0.29) is 19.6 Å². The Bertz CT molecular complexity index is 678. The van der Waals surface area contributed by atoms with E-state index in [1.807, 2.05) is 0 Å². The molecule has 132 valence electrons. The van der Waals surface area contributed by atoms with Gasteiger partial charge in [-0.2, -0.15) is 0 Å². The van der Waals surface area contributed by atoms with Gasteiger partial charge in [-0.25, -0.2) is 9.59 Å². The molecule has 6 nitrogen and oxygen atoms in total. The van der Waals surface area contributed by atoms with Crippen LogP contribution in [0.25, 0.3) is 6.08 Å². The third-order valence-electron chi connectivity index (χ3n) is 3.32. The Morgan fingerprint density at radius 3 is 2.52 bits per heavy atom. The van der Waals surface area contributed by atoms with Crippen LogP contribution in [0.15, 0.2) is 49.7 Å². The van der Waals surface area contributed by atoms with E-state index >= 15 is 0 Å². The zero-order valence-corrected chi connectivity index (χ0v) is 14.3. The van der Waals surface area contributed by atoms with E-state index in [0.717, 1.165) is 0 Å². The van der Waals surface area contributed by atoms with Crippen molar-refractivity contribution in [3.63, 3.8) is 0 Å². The van der Waals surface area contributed by atoms with Crippen LogP contribution in [0.4, 0.5) is 0 Å². The van der Waals surface area contributed by atoms with Crippen LogP contribution in [0.5, 0.6) is 0 Å². The summed E-state index contributed by atoms with van der Waals surface area (Å²) in [6, 6.07) is 3.42. The minimum absolute atomic E-state index is 0.0687. The molecule has 1 aromatic heterocycles. The third-order valence-corrected chi connectivity index (χ3v) is 3.76. The SMILES string of the molecule is C=CCOC(=O)C(OC1(Cl)CC=Cc2ncccc21)C(=O)OCC=C. The summed E-state index contributed by atoms with van der Waals surface area (Å²) in [4.78, 5) is 28.6.